The molecule has 0 fully saturated rings. The van der Waals surface area contributed by atoms with Crippen LogP contribution in [0.4, 0.5) is 5.69 Å². The molecular weight excluding hydrogens is 328 g/mol. The minimum Gasteiger partial charge on any atom is -0.389 e. The van der Waals surface area contributed by atoms with Crippen LogP contribution in [-0.2, 0) is 6.54 Å². The molecule has 0 spiro atoms. The number of hydrogen-bond acceptors (Lipinski definition) is 5. The fourth-order valence-corrected chi connectivity index (χ4v) is 3.34. The van der Waals surface area contributed by atoms with Crippen molar-refractivity contribution < 1.29 is 14.8 Å². The van der Waals surface area contributed by atoms with E-state index in [0.717, 1.165) is 16.9 Å². The van der Waals surface area contributed by atoms with Gasteiger partial charge in [-0.2, -0.15) is 0 Å². The Labute approximate surface area is 144 Å². The first-order valence-electron chi connectivity index (χ1n) is 7.48. The average molecular weight is 348 g/mol. The number of amides is 1. The average Bonchev–Trinajstić information content (AvgIpc) is 2.87. The molecule has 1 aromatic heterocycles. The van der Waals surface area contributed by atoms with Gasteiger partial charge in [0.1, 0.15) is 0 Å². The molecule has 0 atom stereocenters. The zero-order valence-corrected chi connectivity index (χ0v) is 14.7. The smallest absolute Gasteiger partial charge is 0.283 e. The lowest BCUT2D eigenvalue weighted by Crippen LogP contribution is -2.41. The lowest BCUT2D eigenvalue weighted by Gasteiger charge is -2.29. The summed E-state index contributed by atoms with van der Waals surface area (Å²) in [5, 5.41) is 21.1. The summed E-state index contributed by atoms with van der Waals surface area (Å²) >= 11 is 1.10. The molecule has 0 unspecified atom stereocenters. The Morgan fingerprint density at radius 1 is 1.33 bits per heavy atom. The van der Waals surface area contributed by atoms with E-state index in [2.05, 4.69) is 0 Å². The quantitative estimate of drug-likeness (QED) is 0.641. The molecule has 2 rings (SSSR count). The monoisotopic (exact) mass is 348 g/mol. The molecule has 0 bridgehead atoms. The number of nitro groups is 1. The minimum absolute atomic E-state index is 0.0498. The number of benzene rings is 1. The molecule has 0 aliphatic heterocycles. The first-order chi connectivity index (χ1) is 11.2. The van der Waals surface area contributed by atoms with E-state index in [-0.39, 0.29) is 18.1 Å². The number of thiophene rings is 1. The lowest BCUT2D eigenvalue weighted by atomic mass is 10.1. The number of aliphatic hydroxyl groups is 1. The van der Waals surface area contributed by atoms with Crippen LogP contribution >= 0.6 is 11.3 Å². The maximum atomic E-state index is 12.8. The molecule has 0 aliphatic carbocycles. The van der Waals surface area contributed by atoms with Crippen molar-refractivity contribution in [1.82, 2.24) is 4.90 Å². The molecule has 1 aromatic carbocycles. The normalized spacial score (nSPS) is 11.3. The molecule has 1 N–H and O–H groups in total. The molecule has 24 heavy (non-hydrogen) atoms. The van der Waals surface area contributed by atoms with Crippen molar-refractivity contribution in [2.75, 3.05) is 6.54 Å². The van der Waals surface area contributed by atoms with Crippen LogP contribution in [0.3, 0.4) is 0 Å². The Morgan fingerprint density at radius 3 is 2.46 bits per heavy atom. The highest BCUT2D eigenvalue weighted by atomic mass is 32.1. The number of carbonyl (C=O) groups is 1. The summed E-state index contributed by atoms with van der Waals surface area (Å²) < 4.78 is 0. The Kier molecular flexibility index (Phi) is 5.36. The second kappa shape index (κ2) is 7.11. The van der Waals surface area contributed by atoms with Crippen LogP contribution < -0.4 is 0 Å². The predicted molar refractivity (Wildman–Crippen MR) is 93.2 cm³/mol. The van der Waals surface area contributed by atoms with Gasteiger partial charge in [-0.15, -0.1) is 11.3 Å². The van der Waals surface area contributed by atoms with Gasteiger partial charge in [-0.3, -0.25) is 14.9 Å². The maximum Gasteiger partial charge on any atom is 0.283 e. The summed E-state index contributed by atoms with van der Waals surface area (Å²) in [5.41, 5.74) is -0.188. The second-order valence-electron chi connectivity index (χ2n) is 6.27. The zero-order chi connectivity index (χ0) is 17.9. The Hall–Kier alpha value is -2.25. The SMILES string of the molecule is Cc1sc(C(=O)N(Cc2ccccc2)CC(C)(C)O)cc1[N+](=O)[O-]. The van der Waals surface area contributed by atoms with E-state index in [4.69, 9.17) is 0 Å². The standard InChI is InChI=1S/C17H20N2O4S/c1-12-14(19(22)23)9-15(24-12)16(20)18(11-17(2,3)21)10-13-7-5-4-6-8-13/h4-9,21H,10-11H2,1-3H3. The van der Waals surface area contributed by atoms with Gasteiger partial charge in [0.15, 0.2) is 0 Å². The van der Waals surface area contributed by atoms with Gasteiger partial charge in [0.05, 0.1) is 20.3 Å². The van der Waals surface area contributed by atoms with Crippen molar-refractivity contribution in [3.63, 3.8) is 0 Å². The van der Waals surface area contributed by atoms with Crippen molar-refractivity contribution in [2.45, 2.75) is 32.9 Å². The number of hydrogen-bond donors (Lipinski definition) is 1. The lowest BCUT2D eigenvalue weighted by molar-refractivity contribution is -0.385. The van der Waals surface area contributed by atoms with E-state index in [1.807, 2.05) is 30.3 Å². The Balaban J connectivity index is 2.30. The van der Waals surface area contributed by atoms with Crippen LogP contribution in [0.15, 0.2) is 36.4 Å². The van der Waals surface area contributed by atoms with Crippen LogP contribution in [0.5, 0.6) is 0 Å². The van der Waals surface area contributed by atoms with Crippen LogP contribution in [0.1, 0.15) is 34.0 Å². The molecule has 0 saturated carbocycles. The molecule has 1 heterocycles. The van der Waals surface area contributed by atoms with Gasteiger partial charge in [-0.25, -0.2) is 0 Å². The van der Waals surface area contributed by atoms with E-state index in [9.17, 15) is 20.0 Å². The summed E-state index contributed by atoms with van der Waals surface area (Å²) in [5.74, 6) is -0.317. The molecular formula is C17H20N2O4S. The van der Waals surface area contributed by atoms with Crippen molar-refractivity contribution in [1.29, 1.82) is 0 Å². The van der Waals surface area contributed by atoms with Gasteiger partial charge in [0, 0.05) is 19.2 Å². The molecule has 1 amide bonds. The van der Waals surface area contributed by atoms with Gasteiger partial charge in [-0.05, 0) is 26.3 Å². The first-order valence-corrected chi connectivity index (χ1v) is 8.29. The highest BCUT2D eigenvalue weighted by Gasteiger charge is 2.27. The third kappa shape index (κ3) is 4.62. The summed E-state index contributed by atoms with van der Waals surface area (Å²) in [6, 6.07) is 10.7. The number of rotatable bonds is 6. The molecule has 0 aliphatic rings. The van der Waals surface area contributed by atoms with E-state index < -0.39 is 10.5 Å². The van der Waals surface area contributed by atoms with Crippen LogP contribution in [0.2, 0.25) is 0 Å². The third-order valence-electron chi connectivity index (χ3n) is 3.38. The molecule has 6 nitrogen and oxygen atoms in total. The predicted octanol–water partition coefficient (Wildman–Crippen LogP) is 3.38. The zero-order valence-electron chi connectivity index (χ0n) is 13.9. The fraction of sp³-hybridized carbons (Fsp3) is 0.353. The van der Waals surface area contributed by atoms with Crippen LogP contribution in [0.25, 0.3) is 0 Å². The summed E-state index contributed by atoms with van der Waals surface area (Å²) in [7, 11) is 0. The minimum atomic E-state index is -1.07. The van der Waals surface area contributed by atoms with Gasteiger partial charge in [0.2, 0.25) is 0 Å². The first kappa shape index (κ1) is 18.1. The molecule has 0 radical (unpaired) electrons. The summed E-state index contributed by atoms with van der Waals surface area (Å²) in [6.07, 6.45) is 0. The highest BCUT2D eigenvalue weighted by molar-refractivity contribution is 7.14. The van der Waals surface area contributed by atoms with Gasteiger partial charge >= 0.3 is 0 Å². The highest BCUT2D eigenvalue weighted by Crippen LogP contribution is 2.29. The second-order valence-corrected chi connectivity index (χ2v) is 7.52. The Bertz CT molecular complexity index is 735. The Morgan fingerprint density at radius 2 is 1.96 bits per heavy atom. The fourth-order valence-electron chi connectivity index (χ4n) is 2.39. The number of carbonyl (C=O) groups excluding carboxylic acids is 1. The van der Waals surface area contributed by atoms with Crippen LogP contribution in [0, 0.1) is 17.0 Å². The number of nitrogens with zero attached hydrogens (tertiary/aromatic N) is 2. The van der Waals surface area contributed by atoms with Crippen molar-refractivity contribution in [3.8, 4) is 0 Å². The molecule has 128 valence electrons. The maximum absolute atomic E-state index is 12.8. The number of aryl methyl sites for hydroxylation is 1. The van der Waals surface area contributed by atoms with E-state index in [0.29, 0.717) is 16.3 Å². The summed E-state index contributed by atoms with van der Waals surface area (Å²) in [4.78, 5) is 25.6. The third-order valence-corrected chi connectivity index (χ3v) is 4.41. The van der Waals surface area contributed by atoms with Crippen molar-refractivity contribution in [3.05, 3.63) is 61.8 Å². The van der Waals surface area contributed by atoms with Gasteiger partial charge < -0.3 is 10.0 Å². The van der Waals surface area contributed by atoms with Crippen molar-refractivity contribution >= 4 is 22.9 Å². The van der Waals surface area contributed by atoms with E-state index >= 15 is 0 Å². The van der Waals surface area contributed by atoms with Gasteiger partial charge in [-0.1, -0.05) is 30.3 Å². The van der Waals surface area contributed by atoms with Crippen LogP contribution in [-0.4, -0.2) is 33.0 Å². The molecule has 2 aromatic rings. The van der Waals surface area contributed by atoms with E-state index in [1.54, 1.807) is 20.8 Å². The van der Waals surface area contributed by atoms with E-state index in [1.165, 1.54) is 11.0 Å². The van der Waals surface area contributed by atoms with Gasteiger partial charge in [0.25, 0.3) is 11.6 Å². The largest absolute Gasteiger partial charge is 0.389 e. The topological polar surface area (TPSA) is 83.7 Å². The summed E-state index contributed by atoms with van der Waals surface area (Å²) in [6.45, 7) is 5.33. The van der Waals surface area contributed by atoms with Crippen molar-refractivity contribution in [2.24, 2.45) is 0 Å². The molecule has 0 saturated heterocycles. The molecule has 7 heteroatoms.